The first-order chi connectivity index (χ1) is 13.1. The summed E-state index contributed by atoms with van der Waals surface area (Å²) in [6.45, 7) is 4.04. The summed E-state index contributed by atoms with van der Waals surface area (Å²) < 4.78 is 5.09. The Morgan fingerprint density at radius 1 is 1.04 bits per heavy atom. The number of benzene rings is 1. The number of aromatic nitrogens is 2. The van der Waals surface area contributed by atoms with E-state index in [4.69, 9.17) is 4.74 Å². The number of ether oxygens (including phenoxy) is 1. The van der Waals surface area contributed by atoms with Gasteiger partial charge in [0.2, 0.25) is 0 Å². The van der Waals surface area contributed by atoms with Crippen molar-refractivity contribution >= 4 is 5.97 Å². The van der Waals surface area contributed by atoms with Crippen LogP contribution in [0.5, 0.6) is 0 Å². The first-order valence-electron chi connectivity index (χ1n) is 8.93. The van der Waals surface area contributed by atoms with E-state index in [-0.39, 0.29) is 11.5 Å². The van der Waals surface area contributed by atoms with E-state index in [2.05, 4.69) is 9.97 Å². The smallest absolute Gasteiger partial charge is 0.339 e. The van der Waals surface area contributed by atoms with Crippen LogP contribution in [0.25, 0.3) is 0 Å². The first kappa shape index (κ1) is 18.6. The molecule has 3 aromatic rings. The predicted octanol–water partition coefficient (Wildman–Crippen LogP) is 3.44. The minimum atomic E-state index is -0.340. The topological polar surface area (TPSA) is 72.0 Å². The molecule has 3 rings (SSSR count). The van der Waals surface area contributed by atoms with Crippen molar-refractivity contribution in [2.75, 3.05) is 6.61 Å². The van der Waals surface area contributed by atoms with Gasteiger partial charge in [-0.25, -0.2) is 4.79 Å². The van der Waals surface area contributed by atoms with E-state index in [1.807, 2.05) is 43.3 Å². The maximum atomic E-state index is 12.0. The zero-order chi connectivity index (χ0) is 19.2. The minimum Gasteiger partial charge on any atom is -0.462 e. The lowest BCUT2D eigenvalue weighted by Crippen LogP contribution is -2.11. The van der Waals surface area contributed by atoms with Gasteiger partial charge in [0.25, 0.3) is 5.56 Å². The fraction of sp³-hybridized carbons (Fsp3) is 0.227. The largest absolute Gasteiger partial charge is 0.462 e. The maximum absolute atomic E-state index is 12.0. The van der Waals surface area contributed by atoms with E-state index in [9.17, 15) is 9.59 Å². The highest BCUT2D eigenvalue weighted by Gasteiger charge is 2.13. The molecule has 0 radical (unpaired) electrons. The van der Waals surface area contributed by atoms with Gasteiger partial charge in [0.05, 0.1) is 12.2 Å². The van der Waals surface area contributed by atoms with Crippen LogP contribution in [-0.4, -0.2) is 22.5 Å². The van der Waals surface area contributed by atoms with Crippen LogP contribution in [-0.2, 0) is 17.6 Å². The minimum absolute atomic E-state index is 0.0564. The predicted molar refractivity (Wildman–Crippen MR) is 104 cm³/mol. The van der Waals surface area contributed by atoms with Gasteiger partial charge in [-0.2, -0.15) is 0 Å². The fourth-order valence-electron chi connectivity index (χ4n) is 2.97. The number of carbonyl (C=O) groups is 1. The molecule has 0 aliphatic rings. The van der Waals surface area contributed by atoms with Gasteiger partial charge in [-0.3, -0.25) is 9.78 Å². The second-order valence-corrected chi connectivity index (χ2v) is 6.39. The summed E-state index contributed by atoms with van der Waals surface area (Å²) in [6.07, 6.45) is 6.25. The molecule has 1 N–H and O–H groups in total. The summed E-state index contributed by atoms with van der Waals surface area (Å²) in [6, 6.07) is 11.8. The van der Waals surface area contributed by atoms with Gasteiger partial charge in [0, 0.05) is 30.6 Å². The number of hydrogen-bond acceptors (Lipinski definition) is 4. The van der Waals surface area contributed by atoms with Gasteiger partial charge in [-0.05, 0) is 48.6 Å². The molecule has 0 aliphatic heterocycles. The molecule has 2 heterocycles. The molecule has 138 valence electrons. The summed E-state index contributed by atoms with van der Waals surface area (Å²) in [5.74, 6) is -0.340. The van der Waals surface area contributed by atoms with Crippen LogP contribution >= 0.6 is 0 Å². The zero-order valence-electron chi connectivity index (χ0n) is 15.5. The lowest BCUT2D eigenvalue weighted by atomic mass is 9.98. The third-order valence-electron chi connectivity index (χ3n) is 4.53. The number of aromatic amines is 1. The monoisotopic (exact) mass is 362 g/mol. The summed E-state index contributed by atoms with van der Waals surface area (Å²) in [5, 5.41) is 0. The zero-order valence-corrected chi connectivity index (χ0v) is 15.5. The van der Waals surface area contributed by atoms with Crippen molar-refractivity contribution in [2.45, 2.75) is 26.7 Å². The third-order valence-corrected chi connectivity index (χ3v) is 4.53. The molecule has 0 atom stereocenters. The van der Waals surface area contributed by atoms with Crippen LogP contribution in [0.2, 0.25) is 0 Å². The molecule has 5 heteroatoms. The standard InChI is InChI=1S/C22H22N2O3/c1-3-27-22(26)20-14-23-13-19(15(20)2)12-17-8-6-16(7-9-17)11-18-5-4-10-24-21(18)25/h4-10,13-14H,3,11-12H2,1-2H3,(H,24,25). The number of hydrogen-bond donors (Lipinski definition) is 1. The Kier molecular flexibility index (Phi) is 5.81. The Balaban J connectivity index is 1.75. The van der Waals surface area contributed by atoms with E-state index in [1.165, 1.54) is 0 Å². The van der Waals surface area contributed by atoms with Crippen molar-refractivity contribution < 1.29 is 9.53 Å². The highest BCUT2D eigenvalue weighted by molar-refractivity contribution is 5.91. The second-order valence-electron chi connectivity index (χ2n) is 6.39. The summed E-state index contributed by atoms with van der Waals surface area (Å²) >= 11 is 0. The quantitative estimate of drug-likeness (QED) is 0.682. The van der Waals surface area contributed by atoms with Crippen LogP contribution in [0, 0.1) is 6.92 Å². The molecule has 0 saturated carbocycles. The summed E-state index contributed by atoms with van der Waals surface area (Å²) in [5.41, 5.74) is 5.27. The average Bonchev–Trinajstić information content (AvgIpc) is 2.67. The molecule has 0 fully saturated rings. The van der Waals surface area contributed by atoms with Crippen LogP contribution in [0.15, 0.2) is 59.8 Å². The number of rotatable bonds is 6. The van der Waals surface area contributed by atoms with E-state index >= 15 is 0 Å². The average molecular weight is 362 g/mol. The molecular weight excluding hydrogens is 340 g/mol. The van der Waals surface area contributed by atoms with Crippen molar-refractivity contribution in [3.8, 4) is 0 Å². The molecule has 0 aliphatic carbocycles. The van der Waals surface area contributed by atoms with Crippen molar-refractivity contribution in [3.63, 3.8) is 0 Å². The van der Waals surface area contributed by atoms with Crippen LogP contribution in [0.3, 0.4) is 0 Å². The molecule has 0 spiro atoms. The van der Waals surface area contributed by atoms with Gasteiger partial charge in [-0.1, -0.05) is 30.3 Å². The number of nitrogens with zero attached hydrogens (tertiary/aromatic N) is 1. The Morgan fingerprint density at radius 2 is 1.70 bits per heavy atom. The Bertz CT molecular complexity index is 991. The summed E-state index contributed by atoms with van der Waals surface area (Å²) in [4.78, 5) is 30.7. The molecular formula is C22H22N2O3. The Labute approximate surface area is 158 Å². The lowest BCUT2D eigenvalue weighted by molar-refractivity contribution is 0.0525. The van der Waals surface area contributed by atoms with E-state index < -0.39 is 0 Å². The van der Waals surface area contributed by atoms with E-state index in [0.717, 1.165) is 27.8 Å². The van der Waals surface area contributed by atoms with Gasteiger partial charge in [-0.15, -0.1) is 0 Å². The molecule has 27 heavy (non-hydrogen) atoms. The number of H-pyrrole nitrogens is 1. The highest BCUT2D eigenvalue weighted by Crippen LogP contribution is 2.18. The third kappa shape index (κ3) is 4.50. The Morgan fingerprint density at radius 3 is 2.33 bits per heavy atom. The molecule has 0 bridgehead atoms. The molecule has 2 aromatic heterocycles. The lowest BCUT2D eigenvalue weighted by Gasteiger charge is -2.10. The second kappa shape index (κ2) is 8.45. The van der Waals surface area contributed by atoms with Crippen molar-refractivity contribution in [1.82, 2.24) is 9.97 Å². The van der Waals surface area contributed by atoms with Gasteiger partial charge in [0.15, 0.2) is 0 Å². The van der Waals surface area contributed by atoms with Crippen LogP contribution in [0.1, 0.15) is 45.1 Å². The number of esters is 1. The molecule has 0 unspecified atom stereocenters. The maximum Gasteiger partial charge on any atom is 0.339 e. The number of pyridine rings is 2. The Hall–Kier alpha value is -3.21. The SMILES string of the molecule is CCOC(=O)c1cncc(Cc2ccc(Cc3ccc[nH]c3=O)cc2)c1C. The van der Waals surface area contributed by atoms with E-state index in [0.29, 0.717) is 25.0 Å². The number of nitrogens with one attached hydrogen (secondary N) is 1. The van der Waals surface area contributed by atoms with Gasteiger partial charge < -0.3 is 9.72 Å². The van der Waals surface area contributed by atoms with Crippen molar-refractivity contribution in [1.29, 1.82) is 0 Å². The molecule has 0 saturated heterocycles. The first-order valence-corrected chi connectivity index (χ1v) is 8.93. The van der Waals surface area contributed by atoms with Crippen LogP contribution in [0.4, 0.5) is 0 Å². The van der Waals surface area contributed by atoms with Gasteiger partial charge in [0.1, 0.15) is 0 Å². The van der Waals surface area contributed by atoms with Crippen molar-refractivity contribution in [2.24, 2.45) is 0 Å². The summed E-state index contributed by atoms with van der Waals surface area (Å²) in [7, 11) is 0. The van der Waals surface area contributed by atoms with Gasteiger partial charge >= 0.3 is 5.97 Å². The normalized spacial score (nSPS) is 10.6. The molecule has 5 nitrogen and oxygen atoms in total. The van der Waals surface area contributed by atoms with E-state index in [1.54, 1.807) is 25.5 Å². The molecule has 1 aromatic carbocycles. The van der Waals surface area contributed by atoms with Crippen molar-refractivity contribution in [3.05, 3.63) is 98.7 Å². The fourth-order valence-corrected chi connectivity index (χ4v) is 2.97. The van der Waals surface area contributed by atoms with Crippen LogP contribution < -0.4 is 5.56 Å². The molecule has 0 amide bonds. The highest BCUT2D eigenvalue weighted by atomic mass is 16.5. The number of carbonyl (C=O) groups excluding carboxylic acids is 1.